The number of hydrogen-bond acceptors (Lipinski definition) is 1. The van der Waals surface area contributed by atoms with E-state index in [9.17, 15) is 26.3 Å². The van der Waals surface area contributed by atoms with E-state index in [1.54, 1.807) is 0 Å². The van der Waals surface area contributed by atoms with E-state index in [0.717, 1.165) is 18.2 Å². The Morgan fingerprint density at radius 3 is 1.82 bits per heavy atom. The Kier molecular flexibility index (Phi) is 4.08. The lowest BCUT2D eigenvalue weighted by Crippen LogP contribution is -2.25. The zero-order valence-corrected chi connectivity index (χ0v) is 11.5. The Bertz CT molecular complexity index is 726. The van der Waals surface area contributed by atoms with Crippen molar-refractivity contribution < 1.29 is 31.1 Å². The molecule has 0 aliphatic carbocycles. The molecular weight excluding hydrogens is 310 g/mol. The molecule has 0 fully saturated rings. The quantitative estimate of drug-likeness (QED) is 0.724. The molecule has 2 aromatic rings. The minimum atomic E-state index is -4.37. The second-order valence-corrected chi connectivity index (χ2v) is 4.69. The van der Waals surface area contributed by atoms with Crippen LogP contribution in [-0.4, -0.2) is 0 Å². The fourth-order valence-electron chi connectivity index (χ4n) is 1.77. The maximum absolute atomic E-state index is 13.9. The number of aryl methyl sites for hydroxylation is 2. The summed E-state index contributed by atoms with van der Waals surface area (Å²) >= 11 is 0. The summed E-state index contributed by atoms with van der Waals surface area (Å²) in [7, 11) is 0. The maximum Gasteiger partial charge on any atom is 0.429 e. The van der Waals surface area contributed by atoms with Crippen molar-refractivity contribution in [3.8, 4) is 5.75 Å². The van der Waals surface area contributed by atoms with Gasteiger partial charge in [-0.15, -0.1) is 0 Å². The number of benzene rings is 2. The number of ether oxygens (including phenoxy) is 1. The van der Waals surface area contributed by atoms with Gasteiger partial charge >= 0.3 is 6.11 Å². The zero-order valence-electron chi connectivity index (χ0n) is 11.5. The van der Waals surface area contributed by atoms with Crippen LogP contribution in [0.2, 0.25) is 0 Å². The van der Waals surface area contributed by atoms with Gasteiger partial charge in [0, 0.05) is 0 Å². The van der Waals surface area contributed by atoms with Crippen molar-refractivity contribution in [2.45, 2.75) is 20.0 Å². The zero-order chi connectivity index (χ0) is 16.7. The largest absolute Gasteiger partial charge is 0.429 e. The highest BCUT2D eigenvalue weighted by Gasteiger charge is 2.40. The lowest BCUT2D eigenvalue weighted by molar-refractivity contribution is -0.189. The molecule has 0 saturated carbocycles. The molecule has 7 heteroatoms. The predicted molar refractivity (Wildman–Crippen MR) is 66.7 cm³/mol. The summed E-state index contributed by atoms with van der Waals surface area (Å²) in [4.78, 5) is 0. The van der Waals surface area contributed by atoms with Crippen LogP contribution in [0.4, 0.5) is 26.3 Å². The predicted octanol–water partition coefficient (Wildman–Crippen LogP) is 4.99. The minimum Gasteiger partial charge on any atom is -0.426 e. The first-order valence-corrected chi connectivity index (χ1v) is 6.11. The van der Waals surface area contributed by atoms with Crippen LogP contribution in [0.25, 0.3) is 0 Å². The molecule has 0 aromatic heterocycles. The molecule has 0 saturated heterocycles. The average Bonchev–Trinajstić information content (AvgIpc) is 2.45. The first kappa shape index (κ1) is 16.2. The Morgan fingerprint density at radius 2 is 1.23 bits per heavy atom. The van der Waals surface area contributed by atoms with Crippen molar-refractivity contribution in [1.82, 2.24) is 0 Å². The van der Waals surface area contributed by atoms with E-state index in [1.807, 2.05) is 0 Å². The van der Waals surface area contributed by atoms with Gasteiger partial charge in [-0.25, -0.2) is 13.2 Å². The summed E-state index contributed by atoms with van der Waals surface area (Å²) in [6.45, 7) is 2.42. The monoisotopic (exact) mass is 320 g/mol. The third kappa shape index (κ3) is 2.75. The van der Waals surface area contributed by atoms with Crippen LogP contribution < -0.4 is 4.74 Å². The highest BCUT2D eigenvalue weighted by molar-refractivity contribution is 5.33. The fourth-order valence-corrected chi connectivity index (χ4v) is 1.77. The Balaban J connectivity index is 2.44. The van der Waals surface area contributed by atoms with Crippen LogP contribution >= 0.6 is 0 Å². The van der Waals surface area contributed by atoms with Gasteiger partial charge in [0.25, 0.3) is 0 Å². The van der Waals surface area contributed by atoms with E-state index >= 15 is 0 Å². The molecule has 118 valence electrons. The molecular formula is C15H10F6O. The number of alkyl halides is 2. The number of halogens is 6. The highest BCUT2D eigenvalue weighted by Crippen LogP contribution is 2.36. The lowest BCUT2D eigenvalue weighted by Gasteiger charge is -2.20. The van der Waals surface area contributed by atoms with E-state index in [-0.39, 0.29) is 11.1 Å². The first-order valence-electron chi connectivity index (χ1n) is 6.11. The third-order valence-electron chi connectivity index (χ3n) is 3.07. The van der Waals surface area contributed by atoms with Crippen LogP contribution in [0.1, 0.15) is 16.7 Å². The van der Waals surface area contributed by atoms with Gasteiger partial charge in [-0.1, -0.05) is 12.1 Å². The molecule has 1 nitrogen and oxygen atoms in total. The summed E-state index contributed by atoms with van der Waals surface area (Å²) < 4.78 is 85.7. The van der Waals surface area contributed by atoms with Crippen LogP contribution in [0.3, 0.4) is 0 Å². The Morgan fingerprint density at radius 1 is 0.727 bits per heavy atom. The Hall–Kier alpha value is -2.18. The van der Waals surface area contributed by atoms with Crippen molar-refractivity contribution in [1.29, 1.82) is 0 Å². The molecule has 22 heavy (non-hydrogen) atoms. The SMILES string of the molecule is Cc1ccc(OC(F)(F)c2ccc(C)c(F)c2F)c(F)c1F. The summed E-state index contributed by atoms with van der Waals surface area (Å²) in [6.07, 6.45) is -4.37. The molecule has 0 aliphatic rings. The van der Waals surface area contributed by atoms with Crippen molar-refractivity contribution in [2.75, 3.05) is 0 Å². The molecule has 0 unspecified atom stereocenters. The van der Waals surface area contributed by atoms with E-state index in [0.29, 0.717) is 6.07 Å². The van der Waals surface area contributed by atoms with Gasteiger partial charge in [0.2, 0.25) is 5.82 Å². The van der Waals surface area contributed by atoms with Crippen LogP contribution in [-0.2, 0) is 6.11 Å². The molecule has 0 aliphatic heterocycles. The molecule has 0 spiro atoms. The molecule has 2 rings (SSSR count). The topological polar surface area (TPSA) is 9.23 Å². The van der Waals surface area contributed by atoms with E-state index in [2.05, 4.69) is 4.74 Å². The second kappa shape index (κ2) is 5.55. The highest BCUT2D eigenvalue weighted by atomic mass is 19.3. The maximum atomic E-state index is 13.9. The summed E-state index contributed by atoms with van der Waals surface area (Å²) in [5, 5.41) is 0. The van der Waals surface area contributed by atoms with Crippen LogP contribution in [0.15, 0.2) is 24.3 Å². The average molecular weight is 320 g/mol. The lowest BCUT2D eigenvalue weighted by atomic mass is 10.1. The number of rotatable bonds is 3. The van der Waals surface area contributed by atoms with Crippen LogP contribution in [0, 0.1) is 37.1 Å². The molecule has 0 radical (unpaired) electrons. The van der Waals surface area contributed by atoms with E-state index in [1.165, 1.54) is 13.8 Å². The normalized spacial score (nSPS) is 11.6. The molecule has 0 atom stereocenters. The first-order chi connectivity index (χ1) is 10.1. The smallest absolute Gasteiger partial charge is 0.426 e. The van der Waals surface area contributed by atoms with Gasteiger partial charge in [-0.3, -0.25) is 0 Å². The second-order valence-electron chi connectivity index (χ2n) is 4.69. The van der Waals surface area contributed by atoms with Gasteiger partial charge in [-0.05, 0) is 37.1 Å². The van der Waals surface area contributed by atoms with E-state index < -0.39 is 40.7 Å². The van der Waals surface area contributed by atoms with Gasteiger partial charge in [-0.2, -0.15) is 13.2 Å². The molecule has 0 amide bonds. The number of hydrogen-bond donors (Lipinski definition) is 0. The van der Waals surface area contributed by atoms with Gasteiger partial charge in [0.15, 0.2) is 23.2 Å². The van der Waals surface area contributed by atoms with Gasteiger partial charge < -0.3 is 4.74 Å². The van der Waals surface area contributed by atoms with Crippen molar-refractivity contribution in [3.05, 3.63) is 64.2 Å². The standard InChI is InChI=1S/C15H10F6O/c1-7-3-5-9(13(18)11(7)16)15(20,21)22-10-6-4-8(2)12(17)14(10)19/h3-6H,1-2H3. The van der Waals surface area contributed by atoms with Gasteiger partial charge in [0.05, 0.1) is 0 Å². The summed E-state index contributed by atoms with van der Waals surface area (Å²) in [5.41, 5.74) is -1.69. The summed E-state index contributed by atoms with van der Waals surface area (Å²) in [5.74, 6) is -7.36. The molecule has 0 bridgehead atoms. The van der Waals surface area contributed by atoms with Gasteiger partial charge in [0.1, 0.15) is 5.56 Å². The summed E-state index contributed by atoms with van der Waals surface area (Å²) in [6, 6.07) is 3.35. The van der Waals surface area contributed by atoms with E-state index in [4.69, 9.17) is 0 Å². The van der Waals surface area contributed by atoms with Crippen molar-refractivity contribution in [3.63, 3.8) is 0 Å². The molecule has 0 heterocycles. The fraction of sp³-hybridized carbons (Fsp3) is 0.200. The Labute approximate surface area is 122 Å². The van der Waals surface area contributed by atoms with Crippen LogP contribution in [0.5, 0.6) is 5.75 Å². The third-order valence-corrected chi connectivity index (χ3v) is 3.07. The van der Waals surface area contributed by atoms with Crippen molar-refractivity contribution in [2.24, 2.45) is 0 Å². The minimum absolute atomic E-state index is 0.110. The molecule has 0 N–H and O–H groups in total. The van der Waals surface area contributed by atoms with Crippen molar-refractivity contribution >= 4 is 0 Å². The molecule has 2 aromatic carbocycles.